The second kappa shape index (κ2) is 10.2. The van der Waals surface area contributed by atoms with Gasteiger partial charge in [0.1, 0.15) is 17.6 Å². The van der Waals surface area contributed by atoms with Crippen molar-refractivity contribution in [3.8, 4) is 0 Å². The zero-order valence-corrected chi connectivity index (χ0v) is 22.6. The average Bonchev–Trinajstić information content (AvgIpc) is 3.37. The Kier molecular flexibility index (Phi) is 7.55. The second-order valence-corrected chi connectivity index (χ2v) is 11.2. The zero-order chi connectivity index (χ0) is 27.1. The molecule has 7 atom stereocenters. The largest absolute Gasteiger partial charge is 0.466 e. The zero-order valence-electron chi connectivity index (χ0n) is 22.6. The highest BCUT2D eigenvalue weighted by molar-refractivity contribution is 5.98. The van der Waals surface area contributed by atoms with Gasteiger partial charge in [0.15, 0.2) is 0 Å². The Balaban J connectivity index is 1.84. The van der Waals surface area contributed by atoms with Gasteiger partial charge in [-0.1, -0.05) is 57.2 Å². The summed E-state index contributed by atoms with van der Waals surface area (Å²) in [7, 11) is 0. The molecule has 0 radical (unpaired) electrons. The van der Waals surface area contributed by atoms with E-state index in [0.717, 1.165) is 5.56 Å². The number of carbonyl (C=O) groups is 3. The topological polar surface area (TPSA) is 96.4 Å². The van der Waals surface area contributed by atoms with Crippen LogP contribution in [0.5, 0.6) is 0 Å². The molecule has 3 heterocycles. The molecule has 1 spiro atoms. The molecule has 2 amide bonds. The average molecular weight is 513 g/mol. The van der Waals surface area contributed by atoms with Crippen LogP contribution >= 0.6 is 0 Å². The molecule has 0 saturated carbocycles. The van der Waals surface area contributed by atoms with Crippen molar-refractivity contribution in [1.29, 1.82) is 0 Å². The Morgan fingerprint density at radius 3 is 2.57 bits per heavy atom. The maximum absolute atomic E-state index is 14.5. The maximum Gasteiger partial charge on any atom is 0.312 e. The molecule has 1 aromatic carbocycles. The summed E-state index contributed by atoms with van der Waals surface area (Å²) >= 11 is 0. The summed E-state index contributed by atoms with van der Waals surface area (Å²) in [4.78, 5) is 45.2. The molecule has 3 aliphatic heterocycles. The Morgan fingerprint density at radius 2 is 2.00 bits per heavy atom. The van der Waals surface area contributed by atoms with Crippen molar-refractivity contribution < 1.29 is 29.0 Å². The molecule has 3 saturated heterocycles. The molecule has 8 heteroatoms. The number of benzene rings is 1. The van der Waals surface area contributed by atoms with Crippen LogP contribution in [0.25, 0.3) is 0 Å². The minimum Gasteiger partial charge on any atom is -0.466 e. The van der Waals surface area contributed by atoms with E-state index in [2.05, 4.69) is 6.58 Å². The number of amides is 2. The first kappa shape index (κ1) is 27.3. The molecule has 202 valence electrons. The van der Waals surface area contributed by atoms with Crippen LogP contribution < -0.4 is 0 Å². The quantitative estimate of drug-likeness (QED) is 0.383. The van der Waals surface area contributed by atoms with E-state index in [1.54, 1.807) is 17.9 Å². The van der Waals surface area contributed by atoms with Gasteiger partial charge in [0.25, 0.3) is 0 Å². The van der Waals surface area contributed by atoms with Crippen molar-refractivity contribution >= 4 is 17.8 Å². The van der Waals surface area contributed by atoms with Gasteiger partial charge in [-0.2, -0.15) is 0 Å². The standard InChI is InChI=1S/C29H40N2O6/c1-7-14-30(16-20-12-10-9-11-13-20)26(34)24-29-15-19(5)28(6,37-29)23(27(35)36-8-2)22(29)25(33)31(24)21(17-32)18(3)4/h7,9-13,18-19,21-24,32H,1,8,14-17H2,2-6H3/t19?,21-,22-,23-,24?,28+,29?/m0/s1. The number of aliphatic hydroxyl groups excluding tert-OH is 1. The molecule has 1 N–H and O–H groups in total. The maximum atomic E-state index is 14.5. The van der Waals surface area contributed by atoms with Crippen LogP contribution in [0.15, 0.2) is 43.0 Å². The summed E-state index contributed by atoms with van der Waals surface area (Å²) in [6.07, 6.45) is 2.13. The highest BCUT2D eigenvalue weighted by Crippen LogP contribution is 2.65. The van der Waals surface area contributed by atoms with Gasteiger partial charge < -0.3 is 24.4 Å². The normalized spacial score (nSPS) is 32.9. The number of esters is 1. The van der Waals surface area contributed by atoms with Gasteiger partial charge in [-0.25, -0.2) is 0 Å². The Bertz CT molecular complexity index is 1040. The lowest BCUT2D eigenvalue weighted by Gasteiger charge is -2.40. The van der Waals surface area contributed by atoms with E-state index >= 15 is 0 Å². The van der Waals surface area contributed by atoms with Gasteiger partial charge in [0.2, 0.25) is 11.8 Å². The molecule has 4 rings (SSSR count). The number of hydrogen-bond acceptors (Lipinski definition) is 6. The first-order valence-corrected chi connectivity index (χ1v) is 13.3. The number of hydrogen-bond donors (Lipinski definition) is 1. The second-order valence-electron chi connectivity index (χ2n) is 11.2. The first-order valence-electron chi connectivity index (χ1n) is 13.3. The lowest BCUT2D eigenvalue weighted by atomic mass is 9.62. The molecule has 3 aliphatic rings. The van der Waals surface area contributed by atoms with Crippen molar-refractivity contribution in [2.24, 2.45) is 23.7 Å². The predicted molar refractivity (Wildman–Crippen MR) is 138 cm³/mol. The van der Waals surface area contributed by atoms with Gasteiger partial charge in [-0.15, -0.1) is 6.58 Å². The van der Waals surface area contributed by atoms with Crippen molar-refractivity contribution in [2.45, 2.75) is 70.9 Å². The van der Waals surface area contributed by atoms with E-state index in [0.29, 0.717) is 13.0 Å². The minimum atomic E-state index is -1.18. The van der Waals surface area contributed by atoms with E-state index < -0.39 is 41.1 Å². The summed E-state index contributed by atoms with van der Waals surface area (Å²) in [5.41, 5.74) is -1.16. The molecule has 0 aliphatic carbocycles. The third-order valence-electron chi connectivity index (χ3n) is 8.72. The van der Waals surface area contributed by atoms with Crippen molar-refractivity contribution in [2.75, 3.05) is 19.8 Å². The molecule has 3 fully saturated rings. The molecule has 0 aromatic heterocycles. The number of likely N-dealkylation sites (tertiary alicyclic amines) is 1. The van der Waals surface area contributed by atoms with Crippen molar-refractivity contribution in [1.82, 2.24) is 9.80 Å². The highest BCUT2D eigenvalue weighted by Gasteiger charge is 2.80. The van der Waals surface area contributed by atoms with Gasteiger partial charge in [-0.3, -0.25) is 14.4 Å². The third-order valence-corrected chi connectivity index (χ3v) is 8.72. The molecule has 3 unspecified atom stereocenters. The fourth-order valence-corrected chi connectivity index (χ4v) is 6.89. The lowest BCUT2D eigenvalue weighted by molar-refractivity contribution is -0.164. The fraction of sp³-hybridized carbons (Fsp3) is 0.621. The minimum absolute atomic E-state index is 0.0742. The van der Waals surface area contributed by atoms with Crippen molar-refractivity contribution in [3.63, 3.8) is 0 Å². The van der Waals surface area contributed by atoms with Crippen molar-refractivity contribution in [3.05, 3.63) is 48.6 Å². The molecule has 37 heavy (non-hydrogen) atoms. The van der Waals surface area contributed by atoms with Crippen LogP contribution in [0.1, 0.15) is 46.6 Å². The van der Waals surface area contributed by atoms with Crippen LogP contribution in [0.4, 0.5) is 0 Å². The van der Waals surface area contributed by atoms with Gasteiger partial charge >= 0.3 is 5.97 Å². The fourth-order valence-electron chi connectivity index (χ4n) is 6.89. The number of fused-ring (bicyclic) bond motifs is 1. The molecular formula is C29H40N2O6. The van der Waals surface area contributed by atoms with Crippen LogP contribution in [0, 0.1) is 23.7 Å². The SMILES string of the molecule is C=CCN(Cc1ccccc1)C(=O)C1N([C@@H](CO)C(C)C)C(=O)[C@@H]2[C@@H](C(=O)OCC)[C@]3(C)OC12CC3C. The van der Waals surface area contributed by atoms with E-state index in [1.165, 1.54) is 4.90 Å². The number of nitrogens with zero attached hydrogens (tertiary/aromatic N) is 2. The van der Waals surface area contributed by atoms with E-state index in [9.17, 15) is 19.5 Å². The lowest BCUT2D eigenvalue weighted by Crippen LogP contribution is -2.59. The van der Waals surface area contributed by atoms with E-state index in [-0.39, 0.29) is 43.4 Å². The predicted octanol–water partition coefficient (Wildman–Crippen LogP) is 2.79. The Labute approximate surface area is 219 Å². The smallest absolute Gasteiger partial charge is 0.312 e. The monoisotopic (exact) mass is 512 g/mol. The third kappa shape index (κ3) is 4.18. The Morgan fingerprint density at radius 1 is 1.32 bits per heavy atom. The van der Waals surface area contributed by atoms with Gasteiger partial charge in [0, 0.05) is 13.1 Å². The summed E-state index contributed by atoms with van der Waals surface area (Å²) < 4.78 is 12.2. The van der Waals surface area contributed by atoms with Crippen LogP contribution in [-0.4, -0.2) is 75.7 Å². The highest BCUT2D eigenvalue weighted by atomic mass is 16.6. The molecule has 8 nitrogen and oxygen atoms in total. The Hall–Kier alpha value is -2.71. The molecule has 1 aromatic rings. The number of aliphatic hydroxyl groups is 1. The number of ether oxygens (including phenoxy) is 2. The summed E-state index contributed by atoms with van der Waals surface area (Å²) in [6.45, 7) is 13.8. The summed E-state index contributed by atoms with van der Waals surface area (Å²) in [5, 5.41) is 10.4. The summed E-state index contributed by atoms with van der Waals surface area (Å²) in [5.74, 6) is -2.92. The van der Waals surface area contributed by atoms with Crippen LogP contribution in [0.3, 0.4) is 0 Å². The van der Waals surface area contributed by atoms with Crippen LogP contribution in [0.2, 0.25) is 0 Å². The van der Waals surface area contributed by atoms with E-state index in [1.807, 2.05) is 58.0 Å². The van der Waals surface area contributed by atoms with Gasteiger partial charge in [-0.05, 0) is 37.7 Å². The van der Waals surface area contributed by atoms with E-state index in [4.69, 9.17) is 9.47 Å². The number of carbonyl (C=O) groups excluding carboxylic acids is 3. The first-order chi connectivity index (χ1) is 17.6. The molecule has 2 bridgehead atoms. The molecular weight excluding hydrogens is 472 g/mol. The van der Waals surface area contributed by atoms with Gasteiger partial charge in [0.05, 0.1) is 30.8 Å². The summed E-state index contributed by atoms with van der Waals surface area (Å²) in [6, 6.07) is 8.08. The number of rotatable bonds is 10. The van der Waals surface area contributed by atoms with Crippen LogP contribution in [-0.2, 0) is 30.4 Å².